The average Bonchev–Trinajstić information content (AvgIpc) is 2.14. The lowest BCUT2D eigenvalue weighted by Gasteiger charge is -2.41. The molecule has 1 fully saturated rings. The molecule has 0 aromatic carbocycles. The molecular weight excluding hydrogens is 176 g/mol. The van der Waals surface area contributed by atoms with Crippen molar-refractivity contribution in [2.75, 3.05) is 6.61 Å². The van der Waals surface area contributed by atoms with Crippen molar-refractivity contribution in [2.45, 2.75) is 34.1 Å². The van der Waals surface area contributed by atoms with Crippen molar-refractivity contribution in [1.29, 1.82) is 0 Å². The van der Waals surface area contributed by atoms with E-state index in [0.29, 0.717) is 12.5 Å². The van der Waals surface area contributed by atoms with E-state index in [-0.39, 0.29) is 17.3 Å². The first-order valence-electron chi connectivity index (χ1n) is 5.35. The van der Waals surface area contributed by atoms with Crippen LogP contribution in [0.1, 0.15) is 34.1 Å². The van der Waals surface area contributed by atoms with Crippen LogP contribution in [0.25, 0.3) is 0 Å². The molecule has 0 amide bonds. The number of hydrogen-bond donors (Lipinski definition) is 0. The Balaban J connectivity index is 2.91. The van der Waals surface area contributed by atoms with Gasteiger partial charge in [-0.05, 0) is 12.8 Å². The zero-order valence-electron chi connectivity index (χ0n) is 9.54. The molecule has 0 aromatic rings. The van der Waals surface area contributed by atoms with Gasteiger partial charge >= 0.3 is 5.97 Å². The molecule has 14 heavy (non-hydrogen) atoms. The summed E-state index contributed by atoms with van der Waals surface area (Å²) in [5.41, 5.74) is 0.0246. The highest BCUT2D eigenvalue weighted by Gasteiger charge is 2.42. The van der Waals surface area contributed by atoms with Crippen LogP contribution in [-0.2, 0) is 9.53 Å². The van der Waals surface area contributed by atoms with Crippen molar-refractivity contribution in [2.24, 2.45) is 17.3 Å². The minimum absolute atomic E-state index is 0.0231. The van der Waals surface area contributed by atoms with Crippen LogP contribution in [0.3, 0.4) is 0 Å². The van der Waals surface area contributed by atoms with Crippen LogP contribution in [0.15, 0.2) is 12.2 Å². The molecule has 0 saturated carbocycles. The van der Waals surface area contributed by atoms with Crippen molar-refractivity contribution in [3.05, 3.63) is 12.2 Å². The van der Waals surface area contributed by atoms with Crippen LogP contribution in [0.2, 0.25) is 0 Å². The van der Waals surface area contributed by atoms with Gasteiger partial charge in [0.05, 0.1) is 5.92 Å². The van der Waals surface area contributed by atoms with E-state index in [1.807, 2.05) is 13.8 Å². The molecule has 0 N–H and O–H groups in total. The summed E-state index contributed by atoms with van der Waals surface area (Å²) in [6.45, 7) is 8.82. The number of hydrogen-bond acceptors (Lipinski definition) is 2. The fourth-order valence-corrected chi connectivity index (χ4v) is 2.57. The Kier molecular flexibility index (Phi) is 3.35. The molecule has 3 atom stereocenters. The van der Waals surface area contributed by atoms with Gasteiger partial charge in [-0.15, -0.1) is 0 Å². The minimum atomic E-state index is -0.0428. The predicted molar refractivity (Wildman–Crippen MR) is 56.8 cm³/mol. The molecule has 0 aliphatic carbocycles. The summed E-state index contributed by atoms with van der Waals surface area (Å²) in [7, 11) is 0. The zero-order chi connectivity index (χ0) is 10.8. The predicted octanol–water partition coefficient (Wildman–Crippen LogP) is 2.79. The maximum Gasteiger partial charge on any atom is 0.308 e. The number of esters is 1. The standard InChI is InChI=1S/C12H20O2/c1-5-7-12(4)8-14-11(13)9(3)10(12)6-2/h5,7,9-10H,6,8H2,1-4H3. The van der Waals surface area contributed by atoms with E-state index in [9.17, 15) is 4.79 Å². The van der Waals surface area contributed by atoms with E-state index < -0.39 is 0 Å². The monoisotopic (exact) mass is 196 g/mol. The van der Waals surface area contributed by atoms with Gasteiger partial charge in [0, 0.05) is 5.41 Å². The van der Waals surface area contributed by atoms with Crippen LogP contribution in [0.5, 0.6) is 0 Å². The lowest BCUT2D eigenvalue weighted by Crippen LogP contribution is -2.44. The number of cyclic esters (lactones) is 1. The molecule has 80 valence electrons. The summed E-state index contributed by atoms with van der Waals surface area (Å²) in [5, 5.41) is 0. The van der Waals surface area contributed by atoms with Crippen molar-refractivity contribution in [1.82, 2.24) is 0 Å². The van der Waals surface area contributed by atoms with Gasteiger partial charge in [0.2, 0.25) is 0 Å². The van der Waals surface area contributed by atoms with Gasteiger partial charge < -0.3 is 4.74 Å². The normalized spacial score (nSPS) is 38.7. The lowest BCUT2D eigenvalue weighted by molar-refractivity contribution is -0.164. The molecule has 0 radical (unpaired) electrons. The number of rotatable bonds is 2. The van der Waals surface area contributed by atoms with Gasteiger partial charge in [0.15, 0.2) is 0 Å². The summed E-state index contributed by atoms with van der Waals surface area (Å²) in [4.78, 5) is 11.4. The fraction of sp³-hybridized carbons (Fsp3) is 0.750. The summed E-state index contributed by atoms with van der Waals surface area (Å²) in [6.07, 6.45) is 5.25. The second-order valence-corrected chi connectivity index (χ2v) is 4.42. The number of carbonyl (C=O) groups excluding carboxylic acids is 1. The van der Waals surface area contributed by atoms with Gasteiger partial charge in [-0.1, -0.05) is 39.3 Å². The quantitative estimate of drug-likeness (QED) is 0.501. The Morgan fingerprint density at radius 1 is 1.64 bits per heavy atom. The highest BCUT2D eigenvalue weighted by atomic mass is 16.5. The Morgan fingerprint density at radius 3 is 2.79 bits per heavy atom. The highest BCUT2D eigenvalue weighted by molar-refractivity contribution is 5.73. The molecule has 2 nitrogen and oxygen atoms in total. The van der Waals surface area contributed by atoms with Crippen LogP contribution in [0.4, 0.5) is 0 Å². The third kappa shape index (κ3) is 1.84. The van der Waals surface area contributed by atoms with Gasteiger partial charge in [-0.3, -0.25) is 4.79 Å². The Bertz CT molecular complexity index is 245. The fourth-order valence-electron chi connectivity index (χ4n) is 2.57. The minimum Gasteiger partial charge on any atom is -0.465 e. The molecule has 0 bridgehead atoms. The maximum absolute atomic E-state index is 11.4. The third-order valence-electron chi connectivity index (χ3n) is 3.34. The highest BCUT2D eigenvalue weighted by Crippen LogP contribution is 2.41. The summed E-state index contributed by atoms with van der Waals surface area (Å²) in [5.74, 6) is 0.383. The maximum atomic E-state index is 11.4. The van der Waals surface area contributed by atoms with Crippen LogP contribution in [-0.4, -0.2) is 12.6 Å². The third-order valence-corrected chi connectivity index (χ3v) is 3.34. The molecule has 0 aromatic heterocycles. The second-order valence-electron chi connectivity index (χ2n) is 4.42. The molecule has 1 aliphatic heterocycles. The molecule has 1 aliphatic rings. The summed E-state index contributed by atoms with van der Waals surface area (Å²) in [6, 6.07) is 0. The zero-order valence-corrected chi connectivity index (χ0v) is 9.54. The average molecular weight is 196 g/mol. The first-order chi connectivity index (χ1) is 6.55. The Morgan fingerprint density at radius 2 is 2.29 bits per heavy atom. The number of ether oxygens (including phenoxy) is 1. The van der Waals surface area contributed by atoms with Crippen molar-refractivity contribution in [3.8, 4) is 0 Å². The molecule has 3 unspecified atom stereocenters. The molecule has 1 saturated heterocycles. The topological polar surface area (TPSA) is 26.3 Å². The number of carbonyl (C=O) groups is 1. The Hall–Kier alpha value is -0.790. The van der Waals surface area contributed by atoms with Crippen LogP contribution >= 0.6 is 0 Å². The molecule has 2 heteroatoms. The summed E-state index contributed by atoms with van der Waals surface area (Å²) < 4.78 is 5.20. The van der Waals surface area contributed by atoms with Crippen molar-refractivity contribution in [3.63, 3.8) is 0 Å². The van der Waals surface area contributed by atoms with E-state index >= 15 is 0 Å². The van der Waals surface area contributed by atoms with Crippen molar-refractivity contribution >= 4 is 5.97 Å². The van der Waals surface area contributed by atoms with E-state index in [1.54, 1.807) is 0 Å². The molecule has 0 spiro atoms. The molecule has 1 heterocycles. The second kappa shape index (κ2) is 4.16. The van der Waals surface area contributed by atoms with Gasteiger partial charge in [-0.2, -0.15) is 0 Å². The molecule has 1 rings (SSSR count). The molecular formula is C12H20O2. The van der Waals surface area contributed by atoms with E-state index in [1.165, 1.54) is 0 Å². The van der Waals surface area contributed by atoms with Gasteiger partial charge in [0.25, 0.3) is 0 Å². The van der Waals surface area contributed by atoms with Gasteiger partial charge in [-0.25, -0.2) is 0 Å². The Labute approximate surface area is 86.3 Å². The van der Waals surface area contributed by atoms with Crippen LogP contribution in [0, 0.1) is 17.3 Å². The smallest absolute Gasteiger partial charge is 0.308 e. The SMILES string of the molecule is CC=CC1(C)COC(=O)C(C)C1CC. The van der Waals surface area contributed by atoms with Crippen LogP contribution < -0.4 is 0 Å². The lowest BCUT2D eigenvalue weighted by atomic mass is 9.68. The first-order valence-corrected chi connectivity index (χ1v) is 5.35. The number of allylic oxidation sites excluding steroid dienone is 1. The largest absolute Gasteiger partial charge is 0.465 e. The van der Waals surface area contributed by atoms with E-state index in [0.717, 1.165) is 6.42 Å². The van der Waals surface area contributed by atoms with E-state index in [4.69, 9.17) is 4.74 Å². The van der Waals surface area contributed by atoms with Gasteiger partial charge in [0.1, 0.15) is 6.61 Å². The first kappa shape index (κ1) is 11.3. The van der Waals surface area contributed by atoms with E-state index in [2.05, 4.69) is 26.0 Å². The van der Waals surface area contributed by atoms with Crippen molar-refractivity contribution < 1.29 is 9.53 Å². The summed E-state index contributed by atoms with van der Waals surface area (Å²) >= 11 is 0.